The van der Waals surface area contributed by atoms with Gasteiger partial charge in [0.1, 0.15) is 0 Å². The summed E-state index contributed by atoms with van der Waals surface area (Å²) in [6.45, 7) is 5.21. The molecule has 0 radical (unpaired) electrons. The summed E-state index contributed by atoms with van der Waals surface area (Å²) in [5, 5.41) is 4.43. The first kappa shape index (κ1) is 16.5. The number of hydrogen-bond acceptors (Lipinski definition) is 2. The summed E-state index contributed by atoms with van der Waals surface area (Å²) in [6.07, 6.45) is 1.11. The molecule has 5 heteroatoms. The minimum atomic E-state index is 0.207. The van der Waals surface area contributed by atoms with Crippen LogP contribution in [0.1, 0.15) is 35.4 Å². The summed E-state index contributed by atoms with van der Waals surface area (Å²) in [5.41, 5.74) is 2.36. The maximum Gasteiger partial charge on any atom is 0.0843 e. The second-order valence-electron chi connectivity index (χ2n) is 4.67. The summed E-state index contributed by atoms with van der Waals surface area (Å²) in [5.74, 6) is 0. The van der Waals surface area contributed by atoms with Gasteiger partial charge in [-0.1, -0.05) is 30.7 Å². The zero-order chi connectivity index (χ0) is 14.7. The average Bonchev–Trinajstić information content (AvgIpc) is 2.74. The lowest BCUT2D eigenvalue weighted by Gasteiger charge is -2.18. The molecule has 0 aliphatic rings. The number of benzene rings is 1. The normalized spacial score (nSPS) is 12.7. The molecule has 1 atom stereocenters. The summed E-state index contributed by atoms with van der Waals surface area (Å²) in [4.78, 5) is 1.29. The van der Waals surface area contributed by atoms with Crippen LogP contribution in [0.15, 0.2) is 32.5 Å². The molecule has 1 aromatic heterocycles. The van der Waals surface area contributed by atoms with Crippen LogP contribution in [-0.4, -0.2) is 6.54 Å². The van der Waals surface area contributed by atoms with E-state index >= 15 is 0 Å². The molecule has 1 N–H and O–H groups in total. The fourth-order valence-electron chi connectivity index (χ4n) is 2.02. The van der Waals surface area contributed by atoms with Crippen LogP contribution < -0.4 is 5.32 Å². The van der Waals surface area contributed by atoms with E-state index in [0.717, 1.165) is 31.8 Å². The van der Waals surface area contributed by atoms with Crippen molar-refractivity contribution in [1.82, 2.24) is 5.32 Å². The Kier molecular flexibility index (Phi) is 6.11. The van der Waals surface area contributed by atoms with E-state index in [-0.39, 0.29) is 6.04 Å². The van der Waals surface area contributed by atoms with Gasteiger partial charge in [-0.05, 0) is 75.0 Å². The van der Waals surface area contributed by atoms with Crippen molar-refractivity contribution in [2.45, 2.75) is 26.3 Å². The van der Waals surface area contributed by atoms with Crippen LogP contribution in [0, 0.1) is 6.92 Å². The first-order chi connectivity index (χ1) is 9.52. The van der Waals surface area contributed by atoms with Gasteiger partial charge in [-0.3, -0.25) is 0 Å². The van der Waals surface area contributed by atoms with E-state index in [1.54, 1.807) is 11.3 Å². The summed E-state index contributed by atoms with van der Waals surface area (Å²) in [6, 6.07) is 8.62. The van der Waals surface area contributed by atoms with Gasteiger partial charge in [0, 0.05) is 14.4 Å². The molecule has 2 rings (SSSR count). The van der Waals surface area contributed by atoms with Crippen molar-refractivity contribution in [1.29, 1.82) is 0 Å². The monoisotopic (exact) mass is 435 g/mol. The number of hydrogen-bond donors (Lipinski definition) is 1. The fourth-order valence-corrected chi connectivity index (χ4v) is 4.34. The Bertz CT molecular complexity index is 578. The Labute approximate surface area is 146 Å². The van der Waals surface area contributed by atoms with E-state index in [4.69, 9.17) is 11.6 Å². The Morgan fingerprint density at radius 3 is 2.60 bits per heavy atom. The summed E-state index contributed by atoms with van der Waals surface area (Å²) < 4.78 is 2.23. The van der Waals surface area contributed by atoms with Crippen molar-refractivity contribution >= 4 is 54.8 Å². The van der Waals surface area contributed by atoms with Gasteiger partial charge in [0.15, 0.2) is 0 Å². The predicted octanol–water partition coefficient (Wildman–Crippen LogP) is 6.32. The predicted molar refractivity (Wildman–Crippen MR) is 96.0 cm³/mol. The topological polar surface area (TPSA) is 12.0 Å². The molecule has 1 nitrogen and oxygen atoms in total. The molecule has 2 aromatic rings. The third kappa shape index (κ3) is 3.86. The smallest absolute Gasteiger partial charge is 0.0843 e. The molecule has 1 unspecified atom stereocenters. The van der Waals surface area contributed by atoms with Crippen molar-refractivity contribution in [3.8, 4) is 0 Å². The van der Waals surface area contributed by atoms with Crippen LogP contribution in [-0.2, 0) is 0 Å². The molecule has 108 valence electrons. The van der Waals surface area contributed by atoms with Gasteiger partial charge in [-0.25, -0.2) is 0 Å². The molecular weight excluding hydrogens is 422 g/mol. The highest BCUT2D eigenvalue weighted by Crippen LogP contribution is 2.38. The quantitative estimate of drug-likeness (QED) is 0.577. The molecule has 0 aliphatic carbocycles. The standard InChI is InChI=1S/C15H16Br2ClNS/c1-3-6-19-14(13-8-11(16)15(17)20-13)10-4-5-12(18)9(2)7-10/h4-5,7-8,14,19H,3,6H2,1-2H3. The Morgan fingerprint density at radius 2 is 2.05 bits per heavy atom. The minimum absolute atomic E-state index is 0.207. The molecule has 0 spiro atoms. The second-order valence-corrected chi connectivity index (χ2v) is 8.33. The third-order valence-corrected chi connectivity index (χ3v) is 6.81. The average molecular weight is 438 g/mol. The van der Waals surface area contributed by atoms with Crippen molar-refractivity contribution < 1.29 is 0 Å². The molecule has 0 saturated carbocycles. The largest absolute Gasteiger partial charge is 0.306 e. The van der Waals surface area contributed by atoms with Gasteiger partial charge in [0.25, 0.3) is 0 Å². The van der Waals surface area contributed by atoms with Crippen LogP contribution in [0.5, 0.6) is 0 Å². The number of halogens is 3. The van der Waals surface area contributed by atoms with E-state index in [2.05, 4.69) is 62.3 Å². The van der Waals surface area contributed by atoms with Crippen LogP contribution in [0.4, 0.5) is 0 Å². The molecule has 1 aromatic carbocycles. The molecule has 0 fully saturated rings. The zero-order valence-electron chi connectivity index (χ0n) is 11.3. The van der Waals surface area contributed by atoms with Crippen molar-refractivity contribution in [3.63, 3.8) is 0 Å². The summed E-state index contributed by atoms with van der Waals surface area (Å²) >= 11 is 15.0. The minimum Gasteiger partial charge on any atom is -0.306 e. The number of nitrogens with one attached hydrogen (secondary N) is 1. The van der Waals surface area contributed by atoms with Crippen LogP contribution in [0.3, 0.4) is 0 Å². The van der Waals surface area contributed by atoms with Gasteiger partial charge >= 0.3 is 0 Å². The van der Waals surface area contributed by atoms with Crippen molar-refractivity contribution in [2.75, 3.05) is 6.54 Å². The zero-order valence-corrected chi connectivity index (χ0v) is 16.1. The second kappa shape index (κ2) is 7.41. The molecule has 0 bridgehead atoms. The molecule has 0 aliphatic heterocycles. The Hall–Kier alpha value is 0.130. The lowest BCUT2D eigenvalue weighted by Crippen LogP contribution is -2.22. The van der Waals surface area contributed by atoms with Crippen LogP contribution >= 0.6 is 54.8 Å². The first-order valence-electron chi connectivity index (χ1n) is 6.47. The number of aryl methyl sites for hydroxylation is 1. The van der Waals surface area contributed by atoms with Crippen molar-refractivity contribution in [2.24, 2.45) is 0 Å². The maximum absolute atomic E-state index is 6.13. The summed E-state index contributed by atoms with van der Waals surface area (Å²) in [7, 11) is 0. The van der Waals surface area contributed by atoms with E-state index in [0.29, 0.717) is 0 Å². The SMILES string of the molecule is CCCNC(c1ccc(Cl)c(C)c1)c1cc(Br)c(Br)s1. The Balaban J connectivity index is 2.38. The van der Waals surface area contributed by atoms with E-state index in [9.17, 15) is 0 Å². The van der Waals surface area contributed by atoms with Crippen LogP contribution in [0.25, 0.3) is 0 Å². The number of rotatable bonds is 5. The van der Waals surface area contributed by atoms with Gasteiger partial charge in [-0.15, -0.1) is 11.3 Å². The fraction of sp³-hybridized carbons (Fsp3) is 0.333. The lowest BCUT2D eigenvalue weighted by atomic mass is 10.0. The lowest BCUT2D eigenvalue weighted by molar-refractivity contribution is 0.605. The number of thiophene rings is 1. The maximum atomic E-state index is 6.13. The van der Waals surface area contributed by atoms with Crippen molar-refractivity contribution in [3.05, 3.63) is 53.6 Å². The van der Waals surface area contributed by atoms with Gasteiger partial charge in [0.2, 0.25) is 0 Å². The molecular formula is C15H16Br2ClNS. The molecule has 0 saturated heterocycles. The van der Waals surface area contributed by atoms with E-state index in [1.807, 2.05) is 13.0 Å². The third-order valence-electron chi connectivity index (χ3n) is 3.06. The van der Waals surface area contributed by atoms with Crippen LogP contribution in [0.2, 0.25) is 5.02 Å². The highest BCUT2D eigenvalue weighted by Gasteiger charge is 2.18. The van der Waals surface area contributed by atoms with Gasteiger partial charge in [0.05, 0.1) is 9.83 Å². The molecule has 20 heavy (non-hydrogen) atoms. The van der Waals surface area contributed by atoms with Gasteiger partial charge < -0.3 is 5.32 Å². The highest BCUT2D eigenvalue weighted by atomic mass is 79.9. The highest BCUT2D eigenvalue weighted by molar-refractivity contribution is 9.13. The van der Waals surface area contributed by atoms with E-state index < -0.39 is 0 Å². The first-order valence-corrected chi connectivity index (χ1v) is 9.25. The molecule has 0 amide bonds. The van der Waals surface area contributed by atoms with E-state index in [1.165, 1.54) is 10.4 Å². The Morgan fingerprint density at radius 1 is 1.30 bits per heavy atom. The van der Waals surface area contributed by atoms with Gasteiger partial charge in [-0.2, -0.15) is 0 Å². The molecule has 1 heterocycles.